The van der Waals surface area contributed by atoms with Gasteiger partial charge in [-0.3, -0.25) is 19.2 Å². The maximum atomic E-state index is 13.8. The molecular weight excluding hydrogens is 695 g/mol. The number of hydrogen-bond donors (Lipinski definition) is 3. The molecule has 0 aliphatic carbocycles. The summed E-state index contributed by atoms with van der Waals surface area (Å²) >= 11 is 1.33. The van der Waals surface area contributed by atoms with Crippen LogP contribution in [0.1, 0.15) is 49.6 Å². The van der Waals surface area contributed by atoms with Crippen molar-refractivity contribution in [1.82, 2.24) is 5.32 Å². The van der Waals surface area contributed by atoms with Crippen molar-refractivity contribution in [3.63, 3.8) is 0 Å². The van der Waals surface area contributed by atoms with Crippen molar-refractivity contribution in [3.05, 3.63) is 197 Å². The number of carbonyl (C=O) groups excluding carboxylic acids is 4. The lowest BCUT2D eigenvalue weighted by Gasteiger charge is -2.18. The number of nitrogens with one attached hydrogen (secondary N) is 3. The minimum atomic E-state index is -0.634. The average molecular weight is 732 g/mol. The molecule has 0 bridgehead atoms. The van der Waals surface area contributed by atoms with E-state index in [1.54, 1.807) is 72.8 Å². The smallest absolute Gasteiger partial charge is 0.272 e. The van der Waals surface area contributed by atoms with Gasteiger partial charge >= 0.3 is 0 Å². The Kier molecular flexibility index (Phi) is 12.5. The molecule has 0 radical (unpaired) electrons. The number of ketones is 1. The standard InChI is InChI=1S/C45H37N3O5S/c1-31(49)34-22-24-37(25-23-34)46-45(52)42(35-14-7-3-8-15-35)54-40-19-11-18-38(29-40)47-44(51)41(48-43(50)36-16-9-4-10-17-36)28-32-20-26-39(27-21-32)53-30-33-12-5-2-6-13-33/h2-29,42H,30H2,1H3,(H,46,52)(H,47,51)(H,48,50)/b41-28-. The molecule has 0 saturated heterocycles. The van der Waals surface area contributed by atoms with Crippen molar-refractivity contribution in [3.8, 4) is 5.75 Å². The zero-order valence-electron chi connectivity index (χ0n) is 29.4. The summed E-state index contributed by atoms with van der Waals surface area (Å²) in [5, 5.41) is 8.03. The third kappa shape index (κ3) is 10.4. The first kappa shape index (κ1) is 37.1. The minimum absolute atomic E-state index is 0.0391. The molecule has 54 heavy (non-hydrogen) atoms. The molecule has 9 heteroatoms. The molecule has 0 aliphatic heterocycles. The predicted octanol–water partition coefficient (Wildman–Crippen LogP) is 9.35. The van der Waals surface area contributed by atoms with Crippen LogP contribution in [-0.2, 0) is 16.2 Å². The Morgan fingerprint density at radius 3 is 1.96 bits per heavy atom. The van der Waals surface area contributed by atoms with Crippen LogP contribution < -0.4 is 20.7 Å². The number of Topliss-reactive ketones (excluding diaryl/α,β-unsaturated/α-hetero) is 1. The zero-order chi connectivity index (χ0) is 37.7. The molecule has 0 spiro atoms. The van der Waals surface area contributed by atoms with Crippen molar-refractivity contribution in [2.45, 2.75) is 23.7 Å². The van der Waals surface area contributed by atoms with Crippen LogP contribution in [0.5, 0.6) is 5.75 Å². The second-order valence-electron chi connectivity index (χ2n) is 12.2. The number of thioether (sulfide) groups is 1. The Morgan fingerprint density at radius 2 is 1.30 bits per heavy atom. The summed E-state index contributed by atoms with van der Waals surface area (Å²) in [4.78, 5) is 53.2. The summed E-state index contributed by atoms with van der Waals surface area (Å²) in [5.74, 6) is -0.605. The molecule has 1 atom stereocenters. The Balaban J connectivity index is 1.20. The first-order valence-electron chi connectivity index (χ1n) is 17.2. The lowest BCUT2D eigenvalue weighted by molar-refractivity contribution is -0.116. The molecule has 6 aromatic carbocycles. The van der Waals surface area contributed by atoms with Crippen molar-refractivity contribution >= 4 is 52.7 Å². The predicted molar refractivity (Wildman–Crippen MR) is 214 cm³/mol. The van der Waals surface area contributed by atoms with E-state index >= 15 is 0 Å². The minimum Gasteiger partial charge on any atom is -0.489 e. The highest BCUT2D eigenvalue weighted by Gasteiger charge is 2.23. The summed E-state index contributed by atoms with van der Waals surface area (Å²) in [6.07, 6.45) is 1.61. The second-order valence-corrected chi connectivity index (χ2v) is 13.4. The fourth-order valence-corrected chi connectivity index (χ4v) is 6.47. The molecule has 0 aromatic heterocycles. The third-order valence-electron chi connectivity index (χ3n) is 8.21. The van der Waals surface area contributed by atoms with Crippen LogP contribution in [0.2, 0.25) is 0 Å². The van der Waals surface area contributed by atoms with E-state index in [0.29, 0.717) is 40.4 Å². The van der Waals surface area contributed by atoms with Crippen LogP contribution in [-0.4, -0.2) is 23.5 Å². The van der Waals surface area contributed by atoms with Crippen LogP contribution >= 0.6 is 11.8 Å². The van der Waals surface area contributed by atoms with E-state index in [2.05, 4.69) is 16.0 Å². The number of benzene rings is 6. The lowest BCUT2D eigenvalue weighted by Crippen LogP contribution is -2.30. The average Bonchev–Trinajstić information content (AvgIpc) is 3.20. The topological polar surface area (TPSA) is 114 Å². The van der Waals surface area contributed by atoms with Gasteiger partial charge in [-0.2, -0.15) is 0 Å². The Morgan fingerprint density at radius 1 is 0.648 bits per heavy atom. The Bertz CT molecular complexity index is 2240. The van der Waals surface area contributed by atoms with Gasteiger partial charge in [0, 0.05) is 27.4 Å². The number of hydrogen-bond acceptors (Lipinski definition) is 6. The summed E-state index contributed by atoms with van der Waals surface area (Å²) < 4.78 is 5.92. The molecule has 8 nitrogen and oxygen atoms in total. The highest BCUT2D eigenvalue weighted by molar-refractivity contribution is 8.00. The van der Waals surface area contributed by atoms with Crippen molar-refractivity contribution in [2.24, 2.45) is 0 Å². The fourth-order valence-electron chi connectivity index (χ4n) is 5.39. The van der Waals surface area contributed by atoms with E-state index in [9.17, 15) is 19.2 Å². The van der Waals surface area contributed by atoms with E-state index < -0.39 is 17.1 Å². The summed E-state index contributed by atoms with van der Waals surface area (Å²) in [5.41, 5.74) is 4.55. The number of amides is 3. The molecule has 0 fully saturated rings. The largest absolute Gasteiger partial charge is 0.489 e. The van der Waals surface area contributed by atoms with Gasteiger partial charge in [0.2, 0.25) is 5.91 Å². The highest BCUT2D eigenvalue weighted by atomic mass is 32.2. The maximum Gasteiger partial charge on any atom is 0.272 e. The van der Waals surface area contributed by atoms with Crippen LogP contribution in [0.15, 0.2) is 174 Å². The van der Waals surface area contributed by atoms with E-state index in [-0.39, 0.29) is 17.4 Å². The van der Waals surface area contributed by atoms with Crippen molar-refractivity contribution < 1.29 is 23.9 Å². The van der Waals surface area contributed by atoms with Gasteiger partial charge in [-0.1, -0.05) is 97.1 Å². The van der Waals surface area contributed by atoms with E-state index in [4.69, 9.17) is 4.74 Å². The number of carbonyl (C=O) groups is 4. The maximum absolute atomic E-state index is 13.8. The SMILES string of the molecule is CC(=O)c1ccc(NC(=O)C(Sc2cccc(NC(=O)/C(=C/c3ccc(OCc4ccccc4)cc3)NC(=O)c3ccccc3)c2)c2ccccc2)cc1. The molecule has 0 saturated carbocycles. The molecular formula is C45H37N3O5S. The third-order valence-corrected chi connectivity index (χ3v) is 9.46. The van der Waals surface area contributed by atoms with Crippen molar-refractivity contribution in [1.29, 1.82) is 0 Å². The Hall–Kier alpha value is -6.71. The van der Waals surface area contributed by atoms with E-state index in [1.165, 1.54) is 18.7 Å². The van der Waals surface area contributed by atoms with Gasteiger partial charge in [-0.05, 0) is 96.4 Å². The first-order chi connectivity index (χ1) is 26.3. The Labute approximate surface area is 318 Å². The van der Waals surface area contributed by atoms with Gasteiger partial charge in [0.25, 0.3) is 11.8 Å². The highest BCUT2D eigenvalue weighted by Crippen LogP contribution is 2.37. The first-order valence-corrected chi connectivity index (χ1v) is 18.1. The van der Waals surface area contributed by atoms with Gasteiger partial charge in [-0.15, -0.1) is 11.8 Å². The molecule has 0 aliphatic rings. The second kappa shape index (κ2) is 18.2. The van der Waals surface area contributed by atoms with Crippen LogP contribution in [0.25, 0.3) is 6.08 Å². The quantitative estimate of drug-likeness (QED) is 0.0585. The van der Waals surface area contributed by atoms with E-state index in [0.717, 1.165) is 16.0 Å². The molecule has 6 aromatic rings. The van der Waals surface area contributed by atoms with Gasteiger partial charge in [0.05, 0.1) is 0 Å². The molecule has 6 rings (SSSR count). The van der Waals surface area contributed by atoms with Crippen LogP contribution in [0.4, 0.5) is 11.4 Å². The normalized spacial score (nSPS) is 11.5. The molecule has 3 amide bonds. The molecule has 0 heterocycles. The van der Waals surface area contributed by atoms with Crippen LogP contribution in [0, 0.1) is 0 Å². The van der Waals surface area contributed by atoms with Crippen LogP contribution in [0.3, 0.4) is 0 Å². The number of ether oxygens (including phenoxy) is 1. The van der Waals surface area contributed by atoms with Gasteiger partial charge in [0.1, 0.15) is 23.3 Å². The number of rotatable bonds is 14. The number of anilines is 2. The van der Waals surface area contributed by atoms with Crippen molar-refractivity contribution in [2.75, 3.05) is 10.6 Å². The summed E-state index contributed by atoms with van der Waals surface area (Å²) in [7, 11) is 0. The summed E-state index contributed by atoms with van der Waals surface area (Å²) in [6, 6.07) is 49.1. The molecule has 268 valence electrons. The monoisotopic (exact) mass is 731 g/mol. The van der Waals surface area contributed by atoms with E-state index in [1.807, 2.05) is 97.1 Å². The lowest BCUT2D eigenvalue weighted by atomic mass is 10.1. The van der Waals surface area contributed by atoms with Gasteiger partial charge in [-0.25, -0.2) is 0 Å². The van der Waals surface area contributed by atoms with Gasteiger partial charge < -0.3 is 20.7 Å². The molecule has 1 unspecified atom stereocenters. The van der Waals surface area contributed by atoms with Gasteiger partial charge in [0.15, 0.2) is 5.78 Å². The zero-order valence-corrected chi connectivity index (χ0v) is 30.2. The summed E-state index contributed by atoms with van der Waals surface area (Å²) in [6.45, 7) is 1.91. The molecule has 3 N–H and O–H groups in total. The fraction of sp³-hybridized carbons (Fsp3) is 0.0667.